The van der Waals surface area contributed by atoms with Gasteiger partial charge in [-0.2, -0.15) is 5.10 Å². The fourth-order valence-electron chi connectivity index (χ4n) is 0.861. The molecular formula is C8H10N4O. The van der Waals surface area contributed by atoms with Crippen LogP contribution < -0.4 is 5.73 Å². The van der Waals surface area contributed by atoms with Crippen molar-refractivity contribution in [3.05, 3.63) is 11.8 Å². The fourth-order valence-corrected chi connectivity index (χ4v) is 0.861. The first-order valence-electron chi connectivity index (χ1n) is 3.65. The number of H-pyrrole nitrogens is 1. The highest BCUT2D eigenvalue weighted by molar-refractivity contribution is 5.92. The number of nitrogens with two attached hydrogens (primary N) is 1. The molecule has 0 spiro atoms. The normalized spacial score (nSPS) is 9.23. The van der Waals surface area contributed by atoms with E-state index in [0.717, 1.165) is 0 Å². The van der Waals surface area contributed by atoms with Gasteiger partial charge in [0.25, 0.3) is 5.91 Å². The van der Waals surface area contributed by atoms with Crippen LogP contribution in [0.2, 0.25) is 0 Å². The molecule has 13 heavy (non-hydrogen) atoms. The van der Waals surface area contributed by atoms with E-state index in [2.05, 4.69) is 16.1 Å². The van der Waals surface area contributed by atoms with Gasteiger partial charge in [0.15, 0.2) is 0 Å². The number of aromatic amines is 1. The van der Waals surface area contributed by atoms with Crippen LogP contribution in [0.3, 0.4) is 0 Å². The number of anilines is 1. The van der Waals surface area contributed by atoms with Gasteiger partial charge in [-0.3, -0.25) is 9.89 Å². The molecular weight excluding hydrogens is 168 g/mol. The van der Waals surface area contributed by atoms with Gasteiger partial charge in [0.2, 0.25) is 0 Å². The molecule has 0 fully saturated rings. The highest BCUT2D eigenvalue weighted by Gasteiger charge is 2.12. The van der Waals surface area contributed by atoms with Crippen LogP contribution in [0.25, 0.3) is 0 Å². The summed E-state index contributed by atoms with van der Waals surface area (Å²) >= 11 is 0. The lowest BCUT2D eigenvalue weighted by Gasteiger charge is -2.11. The van der Waals surface area contributed by atoms with E-state index in [-0.39, 0.29) is 18.3 Å². The lowest BCUT2D eigenvalue weighted by Crippen LogP contribution is -2.27. The van der Waals surface area contributed by atoms with E-state index in [1.54, 1.807) is 7.05 Å². The van der Waals surface area contributed by atoms with Crippen molar-refractivity contribution < 1.29 is 4.79 Å². The molecule has 0 aliphatic rings. The summed E-state index contributed by atoms with van der Waals surface area (Å²) in [7, 11) is 1.61. The summed E-state index contributed by atoms with van der Waals surface area (Å²) in [5.41, 5.74) is 5.68. The number of hydrogen-bond acceptors (Lipinski definition) is 3. The lowest BCUT2D eigenvalue weighted by atomic mass is 10.3. The summed E-state index contributed by atoms with van der Waals surface area (Å²) in [6.45, 7) is 0.262. The molecule has 5 heteroatoms. The second-order valence-electron chi connectivity index (χ2n) is 2.57. The SMILES string of the molecule is C#CCN(C)C(=O)c1cc(N)n[nH]1. The number of terminal acetylenes is 1. The van der Waals surface area contributed by atoms with E-state index in [1.165, 1.54) is 11.0 Å². The number of rotatable bonds is 2. The van der Waals surface area contributed by atoms with Crippen molar-refractivity contribution in [1.82, 2.24) is 15.1 Å². The minimum atomic E-state index is -0.220. The maximum Gasteiger partial charge on any atom is 0.272 e. The molecule has 0 aliphatic carbocycles. The van der Waals surface area contributed by atoms with Crippen LogP contribution in [-0.4, -0.2) is 34.6 Å². The lowest BCUT2D eigenvalue weighted by molar-refractivity contribution is 0.0807. The Balaban J connectivity index is 2.74. The third-order valence-corrected chi connectivity index (χ3v) is 1.50. The molecule has 1 aromatic heterocycles. The molecule has 3 N–H and O–H groups in total. The van der Waals surface area contributed by atoms with Crippen LogP contribution >= 0.6 is 0 Å². The number of nitrogen functional groups attached to an aromatic ring is 1. The molecule has 0 bridgehead atoms. The predicted molar refractivity (Wildman–Crippen MR) is 48.8 cm³/mol. The summed E-state index contributed by atoms with van der Waals surface area (Å²) in [6.07, 6.45) is 5.06. The third kappa shape index (κ3) is 1.99. The molecule has 1 rings (SSSR count). The van der Waals surface area contributed by atoms with Gasteiger partial charge in [0.1, 0.15) is 11.5 Å². The van der Waals surface area contributed by atoms with E-state index in [0.29, 0.717) is 5.69 Å². The van der Waals surface area contributed by atoms with E-state index in [1.807, 2.05) is 0 Å². The van der Waals surface area contributed by atoms with Crippen molar-refractivity contribution in [2.45, 2.75) is 0 Å². The second kappa shape index (κ2) is 3.63. The first kappa shape index (κ1) is 9.13. The molecule has 1 amide bonds. The zero-order chi connectivity index (χ0) is 9.84. The number of hydrogen-bond donors (Lipinski definition) is 2. The van der Waals surface area contributed by atoms with Crippen molar-refractivity contribution in [1.29, 1.82) is 0 Å². The van der Waals surface area contributed by atoms with E-state index in [4.69, 9.17) is 12.2 Å². The Morgan fingerprint density at radius 2 is 2.62 bits per heavy atom. The quantitative estimate of drug-likeness (QED) is 0.610. The molecule has 5 nitrogen and oxygen atoms in total. The van der Waals surface area contributed by atoms with Gasteiger partial charge in [0, 0.05) is 13.1 Å². The molecule has 0 aliphatic heterocycles. The molecule has 1 heterocycles. The Bertz CT molecular complexity index is 349. The van der Waals surface area contributed by atoms with E-state index in [9.17, 15) is 4.79 Å². The van der Waals surface area contributed by atoms with Gasteiger partial charge in [-0.15, -0.1) is 6.42 Å². The van der Waals surface area contributed by atoms with Crippen molar-refractivity contribution in [2.75, 3.05) is 19.3 Å². The average molecular weight is 178 g/mol. The van der Waals surface area contributed by atoms with Crippen molar-refractivity contribution in [3.8, 4) is 12.3 Å². The second-order valence-corrected chi connectivity index (χ2v) is 2.57. The molecule has 0 unspecified atom stereocenters. The highest BCUT2D eigenvalue weighted by atomic mass is 16.2. The smallest absolute Gasteiger partial charge is 0.272 e. The third-order valence-electron chi connectivity index (χ3n) is 1.50. The number of nitrogens with one attached hydrogen (secondary N) is 1. The van der Waals surface area contributed by atoms with Gasteiger partial charge >= 0.3 is 0 Å². The number of carbonyl (C=O) groups is 1. The standard InChI is InChI=1S/C8H10N4O/c1-3-4-12(2)8(13)6-5-7(9)11-10-6/h1,5H,4H2,2H3,(H3,9,10,11). The Kier molecular flexibility index (Phi) is 2.55. The number of amides is 1. The maximum absolute atomic E-state index is 11.5. The Hall–Kier alpha value is -1.96. The number of nitrogens with zero attached hydrogens (tertiary/aromatic N) is 2. The Labute approximate surface area is 75.9 Å². The van der Waals surface area contributed by atoms with Crippen molar-refractivity contribution >= 4 is 11.7 Å². The zero-order valence-electron chi connectivity index (χ0n) is 7.24. The molecule has 1 aromatic rings. The molecule has 68 valence electrons. The van der Waals surface area contributed by atoms with Crippen LogP contribution in [0.5, 0.6) is 0 Å². The van der Waals surface area contributed by atoms with Crippen LogP contribution in [0.4, 0.5) is 5.82 Å². The van der Waals surface area contributed by atoms with Crippen LogP contribution in [0.15, 0.2) is 6.07 Å². The molecule has 0 radical (unpaired) electrons. The minimum Gasteiger partial charge on any atom is -0.382 e. The van der Waals surface area contributed by atoms with Crippen LogP contribution in [-0.2, 0) is 0 Å². The minimum absolute atomic E-state index is 0.220. The summed E-state index contributed by atoms with van der Waals surface area (Å²) in [5, 5.41) is 6.14. The topological polar surface area (TPSA) is 75.0 Å². The maximum atomic E-state index is 11.5. The van der Waals surface area contributed by atoms with Crippen LogP contribution in [0.1, 0.15) is 10.5 Å². The Morgan fingerprint density at radius 1 is 1.92 bits per heavy atom. The summed E-state index contributed by atoms with van der Waals surface area (Å²) in [6, 6.07) is 1.47. The van der Waals surface area contributed by atoms with Gasteiger partial charge in [0.05, 0.1) is 6.54 Å². The largest absolute Gasteiger partial charge is 0.382 e. The van der Waals surface area contributed by atoms with Crippen LogP contribution in [0, 0.1) is 12.3 Å². The molecule has 0 aromatic carbocycles. The van der Waals surface area contributed by atoms with E-state index >= 15 is 0 Å². The highest BCUT2D eigenvalue weighted by Crippen LogP contribution is 2.03. The van der Waals surface area contributed by atoms with Crippen molar-refractivity contribution in [2.24, 2.45) is 0 Å². The molecule has 0 saturated carbocycles. The molecule has 0 atom stereocenters. The number of aromatic nitrogens is 2. The van der Waals surface area contributed by atoms with Gasteiger partial charge in [-0.25, -0.2) is 0 Å². The van der Waals surface area contributed by atoms with Crippen molar-refractivity contribution in [3.63, 3.8) is 0 Å². The first-order chi connectivity index (χ1) is 6.15. The predicted octanol–water partition coefficient (Wildman–Crippen LogP) is -0.303. The van der Waals surface area contributed by atoms with Gasteiger partial charge < -0.3 is 10.6 Å². The van der Waals surface area contributed by atoms with Gasteiger partial charge in [-0.05, 0) is 0 Å². The summed E-state index contributed by atoms with van der Waals surface area (Å²) in [4.78, 5) is 12.8. The first-order valence-corrected chi connectivity index (χ1v) is 3.65. The van der Waals surface area contributed by atoms with E-state index < -0.39 is 0 Å². The van der Waals surface area contributed by atoms with Gasteiger partial charge in [-0.1, -0.05) is 5.92 Å². The Morgan fingerprint density at radius 3 is 3.08 bits per heavy atom. The zero-order valence-corrected chi connectivity index (χ0v) is 7.24. The monoisotopic (exact) mass is 178 g/mol. The number of carbonyl (C=O) groups excluding carboxylic acids is 1. The fraction of sp³-hybridized carbons (Fsp3) is 0.250. The molecule has 0 saturated heterocycles. The summed E-state index contributed by atoms with van der Waals surface area (Å²) < 4.78 is 0. The summed E-state index contributed by atoms with van der Waals surface area (Å²) in [5.74, 6) is 2.43. The average Bonchev–Trinajstić information content (AvgIpc) is 2.51.